The Bertz CT molecular complexity index is 503. The molecule has 5 heteroatoms. The summed E-state index contributed by atoms with van der Waals surface area (Å²) in [5, 5.41) is 20.0. The number of hydrogen-bond donors (Lipinski definition) is 2. The van der Waals surface area contributed by atoms with E-state index in [4.69, 9.17) is 4.74 Å². The summed E-state index contributed by atoms with van der Waals surface area (Å²) in [6.07, 6.45) is 1.87. The number of ether oxygens (including phenoxy) is 1. The predicted molar refractivity (Wildman–Crippen MR) is 75.0 cm³/mol. The average Bonchev–Trinajstić information content (AvgIpc) is 3.18. The summed E-state index contributed by atoms with van der Waals surface area (Å²) in [4.78, 5) is 14.2. The highest BCUT2D eigenvalue weighted by atomic mass is 16.5. The van der Waals surface area contributed by atoms with E-state index in [1.165, 1.54) is 7.11 Å². The summed E-state index contributed by atoms with van der Waals surface area (Å²) in [6.45, 7) is 3.58. The number of aromatic hydroxyl groups is 1. The Morgan fingerprint density at radius 1 is 1.45 bits per heavy atom. The third kappa shape index (κ3) is 3.22. The van der Waals surface area contributed by atoms with Crippen LogP contribution in [0, 0.1) is 0 Å². The minimum atomic E-state index is -0.966. The first-order chi connectivity index (χ1) is 9.33. The van der Waals surface area contributed by atoms with Crippen molar-refractivity contribution in [1.82, 2.24) is 4.90 Å². The Morgan fingerprint density at radius 3 is 2.60 bits per heavy atom. The summed E-state index contributed by atoms with van der Waals surface area (Å²) in [5.74, 6) is -0.151. The second-order valence-corrected chi connectivity index (χ2v) is 5.83. The first kappa shape index (κ1) is 14.7. The van der Waals surface area contributed by atoms with Gasteiger partial charge in [-0.15, -0.1) is 0 Å². The predicted octanol–water partition coefficient (Wildman–Crippen LogP) is 1.78. The number of aliphatic hydroxyl groups is 1. The molecule has 1 amide bonds. The number of hydrogen-bond acceptors (Lipinski definition) is 4. The van der Waals surface area contributed by atoms with E-state index < -0.39 is 5.60 Å². The molecule has 2 N–H and O–H groups in total. The topological polar surface area (TPSA) is 70.0 Å². The number of rotatable bonds is 5. The Kier molecular flexibility index (Phi) is 3.90. The molecule has 0 spiro atoms. The molecule has 1 saturated carbocycles. The highest BCUT2D eigenvalue weighted by molar-refractivity contribution is 5.98. The van der Waals surface area contributed by atoms with Crippen LogP contribution < -0.4 is 4.74 Å². The van der Waals surface area contributed by atoms with Gasteiger partial charge in [-0.3, -0.25) is 4.79 Å². The summed E-state index contributed by atoms with van der Waals surface area (Å²) in [6, 6.07) is 4.99. The first-order valence-electron chi connectivity index (χ1n) is 6.73. The molecule has 0 saturated heterocycles. The number of carbonyl (C=O) groups excluding carboxylic acids is 1. The molecule has 1 aliphatic carbocycles. The summed E-state index contributed by atoms with van der Waals surface area (Å²) >= 11 is 0. The van der Waals surface area contributed by atoms with Crippen molar-refractivity contribution in [2.75, 3.05) is 13.7 Å². The zero-order valence-corrected chi connectivity index (χ0v) is 12.1. The van der Waals surface area contributed by atoms with Gasteiger partial charge in [0.1, 0.15) is 0 Å². The van der Waals surface area contributed by atoms with E-state index in [1.54, 1.807) is 36.9 Å². The maximum Gasteiger partial charge on any atom is 0.258 e. The van der Waals surface area contributed by atoms with Gasteiger partial charge in [-0.1, -0.05) is 6.07 Å². The number of benzene rings is 1. The van der Waals surface area contributed by atoms with Gasteiger partial charge in [-0.05, 0) is 38.8 Å². The third-order valence-corrected chi connectivity index (χ3v) is 3.26. The smallest absolute Gasteiger partial charge is 0.258 e. The molecule has 2 rings (SSSR count). The van der Waals surface area contributed by atoms with Crippen LogP contribution in [-0.2, 0) is 0 Å². The van der Waals surface area contributed by atoms with E-state index in [2.05, 4.69) is 0 Å². The quantitative estimate of drug-likeness (QED) is 0.862. The molecular formula is C15H21NO4. The number of nitrogens with zero attached hydrogens (tertiary/aromatic N) is 1. The van der Waals surface area contributed by atoms with Crippen molar-refractivity contribution in [2.45, 2.75) is 38.3 Å². The standard InChI is InChI=1S/C15H21NO4/c1-15(2,19)9-16(10-7-8-10)14(18)11-5-4-6-12(20-3)13(11)17/h4-6,10,17,19H,7-9H2,1-3H3. The number of phenolic OH excluding ortho intramolecular Hbond substituents is 1. The minimum absolute atomic E-state index is 0.151. The Labute approximate surface area is 118 Å². The van der Waals surface area contributed by atoms with Gasteiger partial charge in [0, 0.05) is 12.6 Å². The second-order valence-electron chi connectivity index (χ2n) is 5.83. The van der Waals surface area contributed by atoms with Crippen LogP contribution in [0.5, 0.6) is 11.5 Å². The summed E-state index contributed by atoms with van der Waals surface area (Å²) in [5.41, 5.74) is -0.757. The largest absolute Gasteiger partial charge is 0.504 e. The maximum absolute atomic E-state index is 12.6. The fourth-order valence-electron chi connectivity index (χ4n) is 2.18. The van der Waals surface area contributed by atoms with Crippen molar-refractivity contribution < 1.29 is 19.7 Å². The molecule has 1 fully saturated rings. The maximum atomic E-state index is 12.6. The molecule has 0 radical (unpaired) electrons. The van der Waals surface area contributed by atoms with Crippen LogP contribution in [-0.4, -0.2) is 46.3 Å². The van der Waals surface area contributed by atoms with Crippen molar-refractivity contribution in [3.8, 4) is 11.5 Å². The van der Waals surface area contributed by atoms with E-state index >= 15 is 0 Å². The molecule has 1 aromatic carbocycles. The molecular weight excluding hydrogens is 258 g/mol. The van der Waals surface area contributed by atoms with Crippen molar-refractivity contribution in [2.24, 2.45) is 0 Å². The molecule has 0 unspecified atom stereocenters. The highest BCUT2D eigenvalue weighted by Crippen LogP contribution is 2.34. The molecule has 0 atom stereocenters. The lowest BCUT2D eigenvalue weighted by molar-refractivity contribution is 0.0277. The van der Waals surface area contributed by atoms with Crippen molar-refractivity contribution in [3.63, 3.8) is 0 Å². The van der Waals surface area contributed by atoms with Gasteiger partial charge in [0.15, 0.2) is 11.5 Å². The summed E-state index contributed by atoms with van der Waals surface area (Å²) < 4.78 is 5.02. The molecule has 1 aromatic rings. The van der Waals surface area contributed by atoms with Gasteiger partial charge in [-0.2, -0.15) is 0 Å². The number of phenols is 1. The molecule has 0 aliphatic heterocycles. The molecule has 5 nitrogen and oxygen atoms in total. The molecule has 1 aliphatic rings. The SMILES string of the molecule is COc1cccc(C(=O)N(CC(C)(C)O)C2CC2)c1O. The summed E-state index contributed by atoms with van der Waals surface area (Å²) in [7, 11) is 1.44. The van der Waals surface area contributed by atoms with Crippen LogP contribution in [0.4, 0.5) is 0 Å². The molecule has 0 bridgehead atoms. The van der Waals surface area contributed by atoms with Crippen LogP contribution in [0.25, 0.3) is 0 Å². The number of amides is 1. The Morgan fingerprint density at radius 2 is 2.10 bits per heavy atom. The van der Waals surface area contributed by atoms with E-state index in [-0.39, 0.29) is 35.6 Å². The minimum Gasteiger partial charge on any atom is -0.504 e. The van der Waals surface area contributed by atoms with Crippen LogP contribution in [0.2, 0.25) is 0 Å². The lowest BCUT2D eigenvalue weighted by atomic mass is 10.1. The van der Waals surface area contributed by atoms with E-state index in [9.17, 15) is 15.0 Å². The lowest BCUT2D eigenvalue weighted by Crippen LogP contribution is -2.43. The number of carbonyl (C=O) groups is 1. The Balaban J connectivity index is 2.28. The number of para-hydroxylation sites is 1. The van der Waals surface area contributed by atoms with Crippen molar-refractivity contribution in [1.29, 1.82) is 0 Å². The van der Waals surface area contributed by atoms with Gasteiger partial charge in [-0.25, -0.2) is 0 Å². The molecule has 0 aromatic heterocycles. The van der Waals surface area contributed by atoms with Crippen molar-refractivity contribution >= 4 is 5.91 Å². The normalized spacial score (nSPS) is 15.0. The van der Waals surface area contributed by atoms with E-state index in [0.29, 0.717) is 0 Å². The fraction of sp³-hybridized carbons (Fsp3) is 0.533. The monoisotopic (exact) mass is 279 g/mol. The third-order valence-electron chi connectivity index (χ3n) is 3.26. The van der Waals surface area contributed by atoms with Crippen LogP contribution in [0.15, 0.2) is 18.2 Å². The fourth-order valence-corrected chi connectivity index (χ4v) is 2.18. The molecule has 110 valence electrons. The average molecular weight is 279 g/mol. The number of methoxy groups -OCH3 is 1. The zero-order valence-electron chi connectivity index (χ0n) is 12.1. The van der Waals surface area contributed by atoms with Gasteiger partial charge >= 0.3 is 0 Å². The van der Waals surface area contributed by atoms with Crippen LogP contribution in [0.1, 0.15) is 37.0 Å². The van der Waals surface area contributed by atoms with Crippen LogP contribution in [0.3, 0.4) is 0 Å². The zero-order chi connectivity index (χ0) is 14.9. The highest BCUT2D eigenvalue weighted by Gasteiger charge is 2.36. The van der Waals surface area contributed by atoms with Gasteiger partial charge in [0.25, 0.3) is 5.91 Å². The first-order valence-corrected chi connectivity index (χ1v) is 6.73. The lowest BCUT2D eigenvalue weighted by Gasteiger charge is -2.29. The van der Waals surface area contributed by atoms with Gasteiger partial charge in [0.05, 0.1) is 18.3 Å². The van der Waals surface area contributed by atoms with E-state index in [0.717, 1.165) is 12.8 Å². The van der Waals surface area contributed by atoms with Gasteiger partial charge in [0.2, 0.25) is 0 Å². The molecule has 20 heavy (non-hydrogen) atoms. The Hall–Kier alpha value is -1.75. The second kappa shape index (κ2) is 5.32. The van der Waals surface area contributed by atoms with E-state index in [1.807, 2.05) is 0 Å². The van der Waals surface area contributed by atoms with Crippen LogP contribution >= 0.6 is 0 Å². The van der Waals surface area contributed by atoms with Gasteiger partial charge < -0.3 is 19.8 Å². The van der Waals surface area contributed by atoms with Crippen molar-refractivity contribution in [3.05, 3.63) is 23.8 Å². The molecule has 0 heterocycles.